The largest absolute Gasteiger partial charge is 0.377 e. The van der Waals surface area contributed by atoms with E-state index in [4.69, 9.17) is 10.5 Å². The fourth-order valence-corrected chi connectivity index (χ4v) is 2.08. The zero-order valence-electron chi connectivity index (χ0n) is 10.0. The first kappa shape index (κ1) is 12.1. The third-order valence-corrected chi connectivity index (χ3v) is 2.99. The van der Waals surface area contributed by atoms with E-state index in [1.54, 1.807) is 6.92 Å². The number of rotatable bonds is 2. The quantitative estimate of drug-likeness (QED) is 0.828. The fourth-order valence-electron chi connectivity index (χ4n) is 2.08. The first-order chi connectivity index (χ1) is 8.20. The van der Waals surface area contributed by atoms with Crippen LogP contribution in [0.3, 0.4) is 0 Å². The van der Waals surface area contributed by atoms with E-state index in [1.165, 1.54) is 0 Å². The van der Waals surface area contributed by atoms with Crippen LogP contribution in [0.4, 0.5) is 0 Å². The zero-order valence-corrected chi connectivity index (χ0v) is 10.0. The summed E-state index contributed by atoms with van der Waals surface area (Å²) >= 11 is 0. The standard InChI is InChI=1S/C13H18N2O2/c1-10(14)13(16)15-7-8-17-9-12(15)11-5-3-2-4-6-11/h2-6,10,12H,7-9,14H2,1H3/t10-,12?/m1/s1. The van der Waals surface area contributed by atoms with Gasteiger partial charge in [0, 0.05) is 6.54 Å². The van der Waals surface area contributed by atoms with Crippen LogP contribution in [-0.4, -0.2) is 36.6 Å². The molecule has 2 rings (SSSR count). The summed E-state index contributed by atoms with van der Waals surface area (Å²) in [7, 11) is 0. The maximum Gasteiger partial charge on any atom is 0.239 e. The molecular weight excluding hydrogens is 216 g/mol. The number of amides is 1. The SMILES string of the molecule is C[C@@H](N)C(=O)N1CCOCC1c1ccccc1. The Labute approximate surface area is 101 Å². The molecule has 1 aliphatic rings. The van der Waals surface area contributed by atoms with Crippen molar-refractivity contribution in [3.05, 3.63) is 35.9 Å². The van der Waals surface area contributed by atoms with Gasteiger partial charge in [0.05, 0.1) is 25.3 Å². The Morgan fingerprint density at radius 1 is 1.47 bits per heavy atom. The highest BCUT2D eigenvalue weighted by Crippen LogP contribution is 2.24. The molecule has 0 bridgehead atoms. The van der Waals surface area contributed by atoms with Gasteiger partial charge in [0.15, 0.2) is 0 Å². The number of carbonyl (C=O) groups is 1. The summed E-state index contributed by atoms with van der Waals surface area (Å²) in [6, 6.07) is 9.46. The number of hydrogen-bond donors (Lipinski definition) is 1. The second-order valence-corrected chi connectivity index (χ2v) is 4.32. The normalized spacial score (nSPS) is 22.2. The molecular formula is C13H18N2O2. The Morgan fingerprint density at radius 3 is 2.82 bits per heavy atom. The second kappa shape index (κ2) is 5.29. The van der Waals surface area contributed by atoms with E-state index in [0.29, 0.717) is 19.8 Å². The molecule has 17 heavy (non-hydrogen) atoms. The number of ether oxygens (including phenoxy) is 1. The highest BCUT2D eigenvalue weighted by Gasteiger charge is 2.29. The van der Waals surface area contributed by atoms with Gasteiger partial charge in [-0.2, -0.15) is 0 Å². The molecule has 0 saturated carbocycles. The molecule has 1 saturated heterocycles. The number of hydrogen-bond acceptors (Lipinski definition) is 3. The minimum absolute atomic E-state index is 0.0107. The van der Waals surface area contributed by atoms with E-state index < -0.39 is 6.04 Å². The smallest absolute Gasteiger partial charge is 0.239 e. The van der Waals surface area contributed by atoms with Crippen LogP contribution in [0.5, 0.6) is 0 Å². The number of morpholine rings is 1. The molecule has 1 heterocycles. The van der Waals surface area contributed by atoms with Crippen molar-refractivity contribution in [3.8, 4) is 0 Å². The van der Waals surface area contributed by atoms with Crippen LogP contribution >= 0.6 is 0 Å². The lowest BCUT2D eigenvalue weighted by Crippen LogP contribution is -2.49. The summed E-state index contributed by atoms with van der Waals surface area (Å²) in [5.41, 5.74) is 6.77. The number of benzene rings is 1. The van der Waals surface area contributed by atoms with Crippen molar-refractivity contribution >= 4 is 5.91 Å². The fraction of sp³-hybridized carbons (Fsp3) is 0.462. The van der Waals surface area contributed by atoms with E-state index in [1.807, 2.05) is 35.2 Å². The lowest BCUT2D eigenvalue weighted by molar-refractivity contribution is -0.141. The summed E-state index contributed by atoms with van der Waals surface area (Å²) in [5, 5.41) is 0. The second-order valence-electron chi connectivity index (χ2n) is 4.32. The Hall–Kier alpha value is -1.39. The van der Waals surface area contributed by atoms with Crippen LogP contribution < -0.4 is 5.73 Å². The summed E-state index contributed by atoms with van der Waals surface area (Å²) in [6.07, 6.45) is 0. The molecule has 1 aliphatic heterocycles. The van der Waals surface area contributed by atoms with E-state index in [-0.39, 0.29) is 11.9 Å². The van der Waals surface area contributed by atoms with E-state index in [0.717, 1.165) is 5.56 Å². The maximum atomic E-state index is 12.0. The molecule has 1 unspecified atom stereocenters. The van der Waals surface area contributed by atoms with Crippen LogP contribution in [0.15, 0.2) is 30.3 Å². The zero-order chi connectivity index (χ0) is 12.3. The molecule has 1 fully saturated rings. The lowest BCUT2D eigenvalue weighted by Gasteiger charge is -2.36. The molecule has 1 aromatic rings. The van der Waals surface area contributed by atoms with Crippen molar-refractivity contribution in [2.24, 2.45) is 5.73 Å². The van der Waals surface area contributed by atoms with Gasteiger partial charge in [-0.25, -0.2) is 0 Å². The molecule has 0 aliphatic carbocycles. The van der Waals surface area contributed by atoms with E-state index >= 15 is 0 Å². The highest BCUT2D eigenvalue weighted by molar-refractivity contribution is 5.81. The predicted molar refractivity (Wildman–Crippen MR) is 65.4 cm³/mol. The van der Waals surface area contributed by atoms with Crippen molar-refractivity contribution in [2.45, 2.75) is 19.0 Å². The topological polar surface area (TPSA) is 55.6 Å². The molecule has 92 valence electrons. The molecule has 0 aromatic heterocycles. The summed E-state index contributed by atoms with van der Waals surface area (Å²) in [5.74, 6) is -0.0119. The minimum atomic E-state index is -0.459. The van der Waals surface area contributed by atoms with Crippen LogP contribution in [-0.2, 0) is 9.53 Å². The van der Waals surface area contributed by atoms with Crippen molar-refractivity contribution < 1.29 is 9.53 Å². The molecule has 2 N–H and O–H groups in total. The summed E-state index contributed by atoms with van der Waals surface area (Å²) < 4.78 is 5.46. The predicted octanol–water partition coefficient (Wildman–Crippen LogP) is 0.934. The molecule has 1 amide bonds. The minimum Gasteiger partial charge on any atom is -0.377 e. The van der Waals surface area contributed by atoms with Gasteiger partial charge in [-0.1, -0.05) is 30.3 Å². The first-order valence-corrected chi connectivity index (χ1v) is 5.89. The van der Waals surface area contributed by atoms with Crippen LogP contribution in [0.25, 0.3) is 0 Å². The molecule has 0 spiro atoms. The van der Waals surface area contributed by atoms with Crippen LogP contribution in [0.2, 0.25) is 0 Å². The Kier molecular flexibility index (Phi) is 3.76. The average molecular weight is 234 g/mol. The van der Waals surface area contributed by atoms with Gasteiger partial charge in [-0.3, -0.25) is 4.79 Å². The Morgan fingerprint density at radius 2 is 2.18 bits per heavy atom. The van der Waals surface area contributed by atoms with Gasteiger partial charge in [-0.05, 0) is 12.5 Å². The third kappa shape index (κ3) is 2.65. The monoisotopic (exact) mass is 234 g/mol. The molecule has 4 heteroatoms. The summed E-state index contributed by atoms with van der Waals surface area (Å²) in [4.78, 5) is 13.8. The third-order valence-electron chi connectivity index (χ3n) is 2.99. The van der Waals surface area contributed by atoms with Gasteiger partial charge in [-0.15, -0.1) is 0 Å². The van der Waals surface area contributed by atoms with E-state index in [2.05, 4.69) is 0 Å². The van der Waals surface area contributed by atoms with Crippen molar-refractivity contribution in [1.29, 1.82) is 0 Å². The first-order valence-electron chi connectivity index (χ1n) is 5.89. The Balaban J connectivity index is 2.21. The molecule has 0 radical (unpaired) electrons. The van der Waals surface area contributed by atoms with Crippen molar-refractivity contribution in [1.82, 2.24) is 4.90 Å². The van der Waals surface area contributed by atoms with Gasteiger partial charge in [0.2, 0.25) is 5.91 Å². The maximum absolute atomic E-state index is 12.0. The van der Waals surface area contributed by atoms with Crippen molar-refractivity contribution in [3.63, 3.8) is 0 Å². The van der Waals surface area contributed by atoms with Crippen LogP contribution in [0, 0.1) is 0 Å². The van der Waals surface area contributed by atoms with E-state index in [9.17, 15) is 4.79 Å². The lowest BCUT2D eigenvalue weighted by atomic mass is 10.0. The van der Waals surface area contributed by atoms with Gasteiger partial charge in [0.25, 0.3) is 0 Å². The van der Waals surface area contributed by atoms with Gasteiger partial charge < -0.3 is 15.4 Å². The number of carbonyl (C=O) groups excluding carboxylic acids is 1. The van der Waals surface area contributed by atoms with Crippen LogP contribution in [0.1, 0.15) is 18.5 Å². The van der Waals surface area contributed by atoms with Gasteiger partial charge in [0.1, 0.15) is 0 Å². The molecule has 1 aromatic carbocycles. The molecule has 4 nitrogen and oxygen atoms in total. The van der Waals surface area contributed by atoms with Gasteiger partial charge >= 0.3 is 0 Å². The molecule has 2 atom stereocenters. The summed E-state index contributed by atoms with van der Waals surface area (Å²) in [6.45, 7) is 3.46. The number of nitrogens with zero attached hydrogens (tertiary/aromatic N) is 1. The van der Waals surface area contributed by atoms with Crippen molar-refractivity contribution in [2.75, 3.05) is 19.8 Å². The number of nitrogens with two attached hydrogens (primary N) is 1. The highest BCUT2D eigenvalue weighted by atomic mass is 16.5. The average Bonchev–Trinajstić information content (AvgIpc) is 2.39. The Bertz CT molecular complexity index is 378.